The highest BCUT2D eigenvalue weighted by Gasteiger charge is 2.21. The van der Waals surface area contributed by atoms with E-state index in [-0.39, 0.29) is 11.4 Å². The van der Waals surface area contributed by atoms with E-state index in [0.29, 0.717) is 28.2 Å². The van der Waals surface area contributed by atoms with Crippen LogP contribution in [0.5, 0.6) is 5.75 Å². The van der Waals surface area contributed by atoms with Gasteiger partial charge in [-0.1, -0.05) is 18.2 Å². The number of aromatic nitrogens is 4. The number of methoxy groups -OCH3 is 1. The first-order valence-corrected chi connectivity index (χ1v) is 8.38. The lowest BCUT2D eigenvalue weighted by Crippen LogP contribution is -2.28. The third-order valence-electron chi connectivity index (χ3n) is 4.68. The van der Waals surface area contributed by atoms with Crippen molar-refractivity contribution in [3.05, 3.63) is 76.4 Å². The molecular weight excluding hydrogens is 347 g/mol. The van der Waals surface area contributed by atoms with E-state index in [0.717, 1.165) is 5.56 Å². The number of ether oxygens (including phenoxy) is 1. The van der Waals surface area contributed by atoms with Crippen molar-refractivity contribution in [2.24, 2.45) is 0 Å². The topological polar surface area (TPSA) is 61.4 Å². The average Bonchev–Trinajstić information content (AvgIpc) is 2.94. The largest absolute Gasteiger partial charge is 0.494 e. The fourth-order valence-electron chi connectivity index (χ4n) is 3.41. The van der Waals surface area contributed by atoms with Gasteiger partial charge in [0.05, 0.1) is 18.8 Å². The van der Waals surface area contributed by atoms with Crippen LogP contribution in [-0.2, 0) is 0 Å². The van der Waals surface area contributed by atoms with Gasteiger partial charge < -0.3 is 4.74 Å². The van der Waals surface area contributed by atoms with Crippen molar-refractivity contribution in [1.82, 2.24) is 19.2 Å². The minimum atomic E-state index is -0.458. The number of fused-ring (bicyclic) bond motifs is 1. The molecule has 0 fully saturated rings. The van der Waals surface area contributed by atoms with E-state index in [1.807, 2.05) is 6.92 Å². The third-order valence-corrected chi connectivity index (χ3v) is 4.68. The van der Waals surface area contributed by atoms with Crippen LogP contribution in [0.4, 0.5) is 4.39 Å². The standard InChI is InChI=1S/C20H17FN4O2/c1-12-15-11-23-25(17-9-4-5-10-22-17)20(26)24(15)13(2)18(12)14-7-6-8-16(27-3)19(14)21/h4-11H,1-3H3. The van der Waals surface area contributed by atoms with Crippen LogP contribution in [0.1, 0.15) is 11.3 Å². The highest BCUT2D eigenvalue weighted by atomic mass is 19.1. The Kier molecular flexibility index (Phi) is 3.99. The summed E-state index contributed by atoms with van der Waals surface area (Å²) in [6.45, 7) is 3.64. The monoisotopic (exact) mass is 364 g/mol. The van der Waals surface area contributed by atoms with Gasteiger partial charge in [0, 0.05) is 23.0 Å². The van der Waals surface area contributed by atoms with Crippen molar-refractivity contribution in [3.63, 3.8) is 0 Å². The lowest BCUT2D eigenvalue weighted by molar-refractivity contribution is 0.387. The van der Waals surface area contributed by atoms with Gasteiger partial charge in [-0.05, 0) is 37.6 Å². The average molecular weight is 364 g/mol. The second-order valence-corrected chi connectivity index (χ2v) is 6.15. The summed E-state index contributed by atoms with van der Waals surface area (Å²) in [5.74, 6) is 0.120. The molecule has 0 aliphatic rings. The summed E-state index contributed by atoms with van der Waals surface area (Å²) in [6.07, 6.45) is 3.19. The van der Waals surface area contributed by atoms with Crippen LogP contribution in [0.2, 0.25) is 0 Å². The maximum Gasteiger partial charge on any atom is 0.355 e. The number of hydrogen-bond acceptors (Lipinski definition) is 4. The summed E-state index contributed by atoms with van der Waals surface area (Å²) in [7, 11) is 1.42. The summed E-state index contributed by atoms with van der Waals surface area (Å²) in [4.78, 5) is 17.2. The predicted octanol–water partition coefficient (Wildman–Crippen LogP) is 3.31. The molecule has 0 unspecified atom stereocenters. The quantitative estimate of drug-likeness (QED) is 0.560. The van der Waals surface area contributed by atoms with Gasteiger partial charge in [-0.15, -0.1) is 0 Å². The normalized spacial score (nSPS) is 11.1. The van der Waals surface area contributed by atoms with Gasteiger partial charge in [0.1, 0.15) is 0 Å². The predicted molar refractivity (Wildman–Crippen MR) is 100 cm³/mol. The first kappa shape index (κ1) is 17.0. The van der Waals surface area contributed by atoms with Gasteiger partial charge in [-0.2, -0.15) is 9.78 Å². The summed E-state index contributed by atoms with van der Waals surface area (Å²) < 4.78 is 22.7. The molecule has 3 heterocycles. The number of rotatable bonds is 3. The summed E-state index contributed by atoms with van der Waals surface area (Å²) in [6, 6.07) is 10.2. The molecule has 0 aliphatic heterocycles. The molecule has 0 bridgehead atoms. The number of aryl methyl sites for hydroxylation is 2. The van der Waals surface area contributed by atoms with Gasteiger partial charge >= 0.3 is 5.69 Å². The molecular formula is C20H17FN4O2. The van der Waals surface area contributed by atoms with Gasteiger partial charge in [0.25, 0.3) is 0 Å². The Hall–Kier alpha value is -3.48. The van der Waals surface area contributed by atoms with Gasteiger partial charge in [0.15, 0.2) is 17.4 Å². The van der Waals surface area contributed by atoms with E-state index in [1.54, 1.807) is 55.7 Å². The first-order valence-electron chi connectivity index (χ1n) is 8.38. The third kappa shape index (κ3) is 2.51. The van der Waals surface area contributed by atoms with Crippen molar-refractivity contribution in [2.45, 2.75) is 13.8 Å². The smallest absolute Gasteiger partial charge is 0.355 e. The fraction of sp³-hybridized carbons (Fsp3) is 0.150. The van der Waals surface area contributed by atoms with E-state index in [9.17, 15) is 9.18 Å². The molecule has 4 aromatic rings. The van der Waals surface area contributed by atoms with Crippen LogP contribution >= 0.6 is 0 Å². The molecule has 0 atom stereocenters. The molecule has 0 aliphatic carbocycles. The Morgan fingerprint density at radius 3 is 2.63 bits per heavy atom. The molecule has 7 heteroatoms. The zero-order chi connectivity index (χ0) is 19.1. The van der Waals surface area contributed by atoms with Crippen LogP contribution in [0.15, 0.2) is 53.6 Å². The summed E-state index contributed by atoms with van der Waals surface area (Å²) in [5, 5.41) is 4.24. The number of halogens is 1. The second-order valence-electron chi connectivity index (χ2n) is 6.15. The van der Waals surface area contributed by atoms with Crippen molar-refractivity contribution in [2.75, 3.05) is 7.11 Å². The van der Waals surface area contributed by atoms with Crippen molar-refractivity contribution in [3.8, 4) is 22.7 Å². The fourth-order valence-corrected chi connectivity index (χ4v) is 3.41. The van der Waals surface area contributed by atoms with Crippen LogP contribution in [-0.4, -0.2) is 26.3 Å². The van der Waals surface area contributed by atoms with Crippen LogP contribution < -0.4 is 10.4 Å². The molecule has 136 valence electrons. The Balaban J connectivity index is 2.03. The number of nitrogens with zero attached hydrogens (tertiary/aromatic N) is 4. The molecule has 0 amide bonds. The maximum absolute atomic E-state index is 14.8. The molecule has 0 saturated heterocycles. The van der Waals surface area contributed by atoms with E-state index in [4.69, 9.17) is 4.74 Å². The molecule has 4 rings (SSSR count). The lowest BCUT2D eigenvalue weighted by Gasteiger charge is -2.08. The molecule has 1 aromatic carbocycles. The van der Waals surface area contributed by atoms with Crippen molar-refractivity contribution in [1.29, 1.82) is 0 Å². The lowest BCUT2D eigenvalue weighted by atomic mass is 10.0. The van der Waals surface area contributed by atoms with Gasteiger partial charge in [-0.25, -0.2) is 14.2 Å². The minimum Gasteiger partial charge on any atom is -0.494 e. The van der Waals surface area contributed by atoms with E-state index in [2.05, 4.69) is 10.1 Å². The second kappa shape index (κ2) is 6.35. The highest BCUT2D eigenvalue weighted by Crippen LogP contribution is 2.35. The number of hydrogen-bond donors (Lipinski definition) is 0. The van der Waals surface area contributed by atoms with Crippen LogP contribution in [0.3, 0.4) is 0 Å². The Bertz CT molecular complexity index is 1210. The Morgan fingerprint density at radius 1 is 1.11 bits per heavy atom. The Labute approximate surface area is 154 Å². The minimum absolute atomic E-state index is 0.158. The molecule has 0 spiro atoms. The zero-order valence-corrected chi connectivity index (χ0v) is 15.1. The highest BCUT2D eigenvalue weighted by molar-refractivity contribution is 5.80. The van der Waals surface area contributed by atoms with E-state index in [1.165, 1.54) is 16.2 Å². The molecule has 0 N–H and O–H groups in total. The van der Waals surface area contributed by atoms with Gasteiger partial charge in [0.2, 0.25) is 0 Å². The molecule has 0 saturated carbocycles. The molecule has 3 aromatic heterocycles. The molecule has 27 heavy (non-hydrogen) atoms. The van der Waals surface area contributed by atoms with Crippen LogP contribution in [0, 0.1) is 19.7 Å². The first-order chi connectivity index (χ1) is 13.0. The van der Waals surface area contributed by atoms with Crippen molar-refractivity contribution >= 4 is 5.52 Å². The van der Waals surface area contributed by atoms with Crippen molar-refractivity contribution < 1.29 is 9.13 Å². The number of benzene rings is 1. The number of pyridine rings is 1. The van der Waals surface area contributed by atoms with Gasteiger partial charge in [-0.3, -0.25) is 4.40 Å². The van der Waals surface area contributed by atoms with Crippen LogP contribution in [0.25, 0.3) is 22.5 Å². The maximum atomic E-state index is 14.8. The molecule has 6 nitrogen and oxygen atoms in total. The summed E-state index contributed by atoms with van der Waals surface area (Å²) in [5.41, 5.74) is 2.72. The van der Waals surface area contributed by atoms with E-state index >= 15 is 0 Å². The van der Waals surface area contributed by atoms with E-state index < -0.39 is 5.82 Å². The zero-order valence-electron chi connectivity index (χ0n) is 15.1. The SMILES string of the molecule is COc1cccc(-c2c(C)c3cnn(-c4ccccn4)c(=O)n3c2C)c1F. The summed E-state index contributed by atoms with van der Waals surface area (Å²) >= 11 is 0. The Morgan fingerprint density at radius 2 is 1.93 bits per heavy atom. The molecule has 0 radical (unpaired) electrons.